The minimum atomic E-state index is -3.36. The van der Waals surface area contributed by atoms with Gasteiger partial charge in [0.2, 0.25) is 21.8 Å². The summed E-state index contributed by atoms with van der Waals surface area (Å²) in [4.78, 5) is 27.7. The zero-order valence-corrected chi connectivity index (χ0v) is 17.9. The summed E-state index contributed by atoms with van der Waals surface area (Å²) in [7, 11) is -3.36. The van der Waals surface area contributed by atoms with Gasteiger partial charge in [0.05, 0.1) is 11.7 Å². The molecule has 160 valence electrons. The highest BCUT2D eigenvalue weighted by molar-refractivity contribution is 7.89. The van der Waals surface area contributed by atoms with E-state index in [4.69, 9.17) is 0 Å². The first-order chi connectivity index (χ1) is 13.9. The maximum atomic E-state index is 13.3. The van der Waals surface area contributed by atoms with Gasteiger partial charge in [0.1, 0.15) is 6.04 Å². The van der Waals surface area contributed by atoms with Crippen LogP contribution in [0.4, 0.5) is 5.69 Å². The van der Waals surface area contributed by atoms with Gasteiger partial charge in [-0.25, -0.2) is 8.42 Å². The molecule has 29 heavy (non-hydrogen) atoms. The summed E-state index contributed by atoms with van der Waals surface area (Å²) in [5.74, 6) is -0.408. The summed E-state index contributed by atoms with van der Waals surface area (Å²) >= 11 is 0. The lowest BCUT2D eigenvalue weighted by Gasteiger charge is -2.36. The van der Waals surface area contributed by atoms with Crippen LogP contribution in [0.25, 0.3) is 0 Å². The molecule has 0 unspecified atom stereocenters. The van der Waals surface area contributed by atoms with Crippen LogP contribution in [0.5, 0.6) is 0 Å². The molecule has 0 aliphatic carbocycles. The van der Waals surface area contributed by atoms with Crippen LogP contribution in [-0.2, 0) is 19.6 Å². The Labute approximate surface area is 173 Å². The topological polar surface area (TPSA) is 86.8 Å². The highest BCUT2D eigenvalue weighted by atomic mass is 32.2. The van der Waals surface area contributed by atoms with E-state index < -0.39 is 16.1 Å². The number of amides is 2. The van der Waals surface area contributed by atoms with Crippen molar-refractivity contribution in [1.29, 1.82) is 0 Å². The second-order valence-corrected chi connectivity index (χ2v) is 9.96. The zero-order chi connectivity index (χ0) is 20.9. The minimum absolute atomic E-state index is 0.0902. The first kappa shape index (κ1) is 21.8. The number of nitrogens with zero attached hydrogens (tertiary/aromatic N) is 2. The minimum Gasteiger partial charge on any atom is -0.341 e. The van der Waals surface area contributed by atoms with Crippen molar-refractivity contribution in [3.05, 3.63) is 30.3 Å². The van der Waals surface area contributed by atoms with Gasteiger partial charge in [-0.1, -0.05) is 38.0 Å². The van der Waals surface area contributed by atoms with Gasteiger partial charge in [-0.05, 0) is 37.8 Å². The first-order valence-corrected chi connectivity index (χ1v) is 12.2. The van der Waals surface area contributed by atoms with E-state index >= 15 is 0 Å². The molecule has 2 atom stereocenters. The second kappa shape index (κ2) is 9.71. The fourth-order valence-corrected chi connectivity index (χ4v) is 5.88. The Morgan fingerprint density at radius 2 is 1.93 bits per heavy atom. The molecule has 2 saturated heterocycles. The average Bonchev–Trinajstić information content (AvgIpc) is 3.08. The molecule has 2 amide bonds. The van der Waals surface area contributed by atoms with Crippen molar-refractivity contribution in [2.45, 2.75) is 51.5 Å². The summed E-state index contributed by atoms with van der Waals surface area (Å²) in [6.07, 6.45) is 4.27. The number of hydrogen-bond acceptors (Lipinski definition) is 4. The first-order valence-electron chi connectivity index (χ1n) is 10.6. The molecule has 1 N–H and O–H groups in total. The van der Waals surface area contributed by atoms with Crippen LogP contribution in [0.15, 0.2) is 30.3 Å². The van der Waals surface area contributed by atoms with Crippen molar-refractivity contribution in [2.24, 2.45) is 5.92 Å². The lowest BCUT2D eigenvalue weighted by atomic mass is 9.95. The highest BCUT2D eigenvalue weighted by Gasteiger charge is 2.40. The van der Waals surface area contributed by atoms with Crippen molar-refractivity contribution in [3.8, 4) is 0 Å². The Morgan fingerprint density at radius 3 is 2.59 bits per heavy atom. The largest absolute Gasteiger partial charge is 0.341 e. The summed E-state index contributed by atoms with van der Waals surface area (Å²) in [5, 5.41) is 2.92. The Hall–Kier alpha value is -1.93. The standard InChI is InChI=1S/C21H31N3O4S/c1-2-3-12-19(24-14-8-15-29(24,27)28)21(26)23-13-7-9-17(16-23)20(25)22-18-10-5-4-6-11-18/h4-6,10-11,17,19H,2-3,7-9,12-16H2,1H3,(H,22,25)/t17-,19+/m0/s1. The van der Waals surface area contributed by atoms with Crippen LogP contribution in [0.2, 0.25) is 0 Å². The Morgan fingerprint density at radius 1 is 1.17 bits per heavy atom. The third-order valence-electron chi connectivity index (χ3n) is 5.75. The normalized spacial score (nSPS) is 22.9. The molecular formula is C21H31N3O4S. The van der Waals surface area contributed by atoms with E-state index in [9.17, 15) is 18.0 Å². The Kier molecular flexibility index (Phi) is 7.29. The average molecular weight is 422 g/mol. The SMILES string of the molecule is CCCC[C@H](C(=O)N1CCC[C@H](C(=O)Nc2ccccc2)C1)N1CCCS1(=O)=O. The molecular weight excluding hydrogens is 390 g/mol. The molecule has 0 saturated carbocycles. The molecule has 7 nitrogen and oxygen atoms in total. The number of benzene rings is 1. The molecule has 1 aromatic carbocycles. The molecule has 8 heteroatoms. The number of carbonyl (C=O) groups excluding carboxylic acids is 2. The second-order valence-electron chi connectivity index (χ2n) is 7.92. The van der Waals surface area contributed by atoms with Crippen LogP contribution < -0.4 is 5.32 Å². The molecule has 0 bridgehead atoms. The summed E-state index contributed by atoms with van der Waals surface area (Å²) < 4.78 is 26.2. The number of rotatable bonds is 7. The number of nitrogens with one attached hydrogen (secondary N) is 1. The Balaban J connectivity index is 1.68. The van der Waals surface area contributed by atoms with E-state index in [0.29, 0.717) is 32.5 Å². The molecule has 2 aliphatic rings. The highest BCUT2D eigenvalue weighted by Crippen LogP contribution is 2.25. The Bertz CT molecular complexity index is 812. The number of likely N-dealkylation sites (tertiary alicyclic amines) is 1. The number of sulfonamides is 1. The molecule has 2 fully saturated rings. The zero-order valence-electron chi connectivity index (χ0n) is 17.0. The number of anilines is 1. The van der Waals surface area contributed by atoms with E-state index in [1.165, 1.54) is 4.31 Å². The van der Waals surface area contributed by atoms with E-state index in [1.54, 1.807) is 4.90 Å². The van der Waals surface area contributed by atoms with Gasteiger partial charge in [0, 0.05) is 25.3 Å². The summed E-state index contributed by atoms with van der Waals surface area (Å²) in [6, 6.07) is 8.64. The van der Waals surface area contributed by atoms with Gasteiger partial charge in [-0.2, -0.15) is 4.31 Å². The van der Waals surface area contributed by atoms with Crippen LogP contribution in [0.1, 0.15) is 45.4 Å². The lowest BCUT2D eigenvalue weighted by molar-refractivity contribution is -0.138. The maximum Gasteiger partial charge on any atom is 0.241 e. The quantitative estimate of drug-likeness (QED) is 0.733. The third-order valence-corrected chi connectivity index (χ3v) is 7.70. The van der Waals surface area contributed by atoms with Gasteiger partial charge in [0.25, 0.3) is 0 Å². The number of carbonyl (C=O) groups is 2. The van der Waals surface area contributed by atoms with Gasteiger partial charge in [0.15, 0.2) is 0 Å². The molecule has 3 rings (SSSR count). The van der Waals surface area contributed by atoms with Gasteiger partial charge in [-0.3, -0.25) is 9.59 Å². The van der Waals surface area contributed by atoms with Gasteiger partial charge in [-0.15, -0.1) is 0 Å². The van der Waals surface area contributed by atoms with Crippen molar-refractivity contribution in [3.63, 3.8) is 0 Å². The summed E-state index contributed by atoms with van der Waals surface area (Å²) in [6.45, 7) is 3.36. The van der Waals surface area contributed by atoms with Crippen LogP contribution >= 0.6 is 0 Å². The molecule has 0 radical (unpaired) electrons. The van der Waals surface area contributed by atoms with Gasteiger partial charge < -0.3 is 10.2 Å². The van der Waals surface area contributed by atoms with Crippen molar-refractivity contribution in [1.82, 2.24) is 9.21 Å². The number of hydrogen-bond donors (Lipinski definition) is 1. The maximum absolute atomic E-state index is 13.3. The van der Waals surface area contributed by atoms with E-state index in [1.807, 2.05) is 37.3 Å². The van der Waals surface area contributed by atoms with Crippen molar-refractivity contribution in [2.75, 3.05) is 30.7 Å². The molecule has 1 aromatic rings. The number of para-hydroxylation sites is 1. The van der Waals surface area contributed by atoms with E-state index in [2.05, 4.69) is 5.32 Å². The predicted octanol–water partition coefficient (Wildman–Crippen LogP) is 2.46. The third kappa shape index (κ3) is 5.36. The fraction of sp³-hybridized carbons (Fsp3) is 0.619. The fourth-order valence-electron chi connectivity index (χ4n) is 4.16. The van der Waals surface area contributed by atoms with Gasteiger partial charge >= 0.3 is 0 Å². The summed E-state index contributed by atoms with van der Waals surface area (Å²) in [5.41, 5.74) is 0.741. The monoisotopic (exact) mass is 421 g/mol. The van der Waals surface area contributed by atoms with Crippen LogP contribution in [0, 0.1) is 5.92 Å². The van der Waals surface area contributed by atoms with E-state index in [0.717, 1.165) is 31.4 Å². The smallest absolute Gasteiger partial charge is 0.241 e. The molecule has 2 heterocycles. The predicted molar refractivity (Wildman–Crippen MR) is 113 cm³/mol. The van der Waals surface area contributed by atoms with Crippen molar-refractivity contribution < 1.29 is 18.0 Å². The molecule has 2 aliphatic heterocycles. The van der Waals surface area contributed by atoms with E-state index in [-0.39, 0.29) is 23.5 Å². The molecule has 0 spiro atoms. The lowest BCUT2D eigenvalue weighted by Crippen LogP contribution is -2.52. The number of unbranched alkanes of at least 4 members (excludes halogenated alkanes) is 1. The van der Waals surface area contributed by atoms with Crippen LogP contribution in [0.3, 0.4) is 0 Å². The molecule has 0 aromatic heterocycles. The van der Waals surface area contributed by atoms with Crippen LogP contribution in [-0.4, -0.2) is 60.9 Å². The number of piperidine rings is 1. The van der Waals surface area contributed by atoms with Crippen molar-refractivity contribution >= 4 is 27.5 Å².